The Bertz CT molecular complexity index is 510. The number of urea groups is 1. The summed E-state index contributed by atoms with van der Waals surface area (Å²) < 4.78 is 0. The molecule has 3 heterocycles. The number of hydrogen-bond donors (Lipinski definition) is 1. The normalized spacial score (nSPS) is 28.9. The first-order valence-electron chi connectivity index (χ1n) is 7.74. The number of fused-ring (bicyclic) bond motifs is 3. The molecule has 0 aromatic rings. The van der Waals surface area contributed by atoms with Crippen LogP contribution in [0.2, 0.25) is 0 Å². The minimum Gasteiger partial charge on any atom is -0.393 e. The SMILES string of the molecule is C[C@@H](O)CCCCN1C(=O)C2C(N=C3SCCN32)N(C)C1=O. The van der Waals surface area contributed by atoms with Gasteiger partial charge in [-0.25, -0.2) is 9.79 Å². The van der Waals surface area contributed by atoms with Crippen molar-refractivity contribution in [1.82, 2.24) is 14.7 Å². The molecule has 1 N–H and O–H groups in total. The summed E-state index contributed by atoms with van der Waals surface area (Å²) in [6, 6.07) is -0.622. The first-order chi connectivity index (χ1) is 10.5. The lowest BCUT2D eigenvalue weighted by Crippen LogP contribution is -2.64. The van der Waals surface area contributed by atoms with E-state index >= 15 is 0 Å². The zero-order valence-electron chi connectivity index (χ0n) is 12.9. The van der Waals surface area contributed by atoms with Gasteiger partial charge in [-0.2, -0.15) is 0 Å². The Morgan fingerprint density at radius 2 is 2.18 bits per heavy atom. The van der Waals surface area contributed by atoms with E-state index in [9.17, 15) is 14.7 Å². The van der Waals surface area contributed by atoms with Crippen LogP contribution in [0.1, 0.15) is 26.2 Å². The Morgan fingerprint density at radius 1 is 1.41 bits per heavy atom. The Labute approximate surface area is 134 Å². The molecule has 8 heteroatoms. The van der Waals surface area contributed by atoms with Gasteiger partial charge < -0.3 is 14.9 Å². The van der Waals surface area contributed by atoms with Crippen molar-refractivity contribution in [2.24, 2.45) is 4.99 Å². The summed E-state index contributed by atoms with van der Waals surface area (Å²) in [6.45, 7) is 2.97. The van der Waals surface area contributed by atoms with Crippen LogP contribution in [0.3, 0.4) is 0 Å². The van der Waals surface area contributed by atoms with E-state index in [0.29, 0.717) is 13.0 Å². The Kier molecular flexibility index (Phi) is 4.31. The summed E-state index contributed by atoms with van der Waals surface area (Å²) in [5.41, 5.74) is 0. The fraction of sp³-hybridized carbons (Fsp3) is 0.786. The Morgan fingerprint density at radius 3 is 2.91 bits per heavy atom. The van der Waals surface area contributed by atoms with Crippen LogP contribution in [0, 0.1) is 0 Å². The average Bonchev–Trinajstić information content (AvgIpc) is 3.04. The summed E-state index contributed by atoms with van der Waals surface area (Å²) in [6.07, 6.45) is 1.49. The number of carbonyl (C=O) groups excluding carboxylic acids is 2. The van der Waals surface area contributed by atoms with Crippen LogP contribution >= 0.6 is 11.8 Å². The molecular weight excluding hydrogens is 304 g/mol. The van der Waals surface area contributed by atoms with E-state index < -0.39 is 0 Å². The van der Waals surface area contributed by atoms with Crippen LogP contribution in [0.25, 0.3) is 0 Å². The van der Waals surface area contributed by atoms with Crippen molar-refractivity contribution in [3.8, 4) is 0 Å². The number of aliphatic imine (C=N–C) groups is 1. The van der Waals surface area contributed by atoms with Crippen molar-refractivity contribution in [3.05, 3.63) is 0 Å². The number of thioether (sulfide) groups is 1. The highest BCUT2D eigenvalue weighted by molar-refractivity contribution is 8.14. The number of likely N-dealkylation sites (N-methyl/N-ethyl adjacent to an activating group) is 1. The number of rotatable bonds is 5. The molecule has 122 valence electrons. The molecule has 0 aromatic carbocycles. The highest BCUT2D eigenvalue weighted by Crippen LogP contribution is 2.34. The van der Waals surface area contributed by atoms with Gasteiger partial charge in [-0.3, -0.25) is 9.69 Å². The van der Waals surface area contributed by atoms with Gasteiger partial charge in [-0.1, -0.05) is 11.8 Å². The number of unbranched alkanes of at least 4 members (excludes halogenated alkanes) is 1. The van der Waals surface area contributed by atoms with Gasteiger partial charge in [0.05, 0.1) is 6.10 Å². The molecule has 2 unspecified atom stereocenters. The zero-order chi connectivity index (χ0) is 15.9. The average molecular weight is 326 g/mol. The number of carbonyl (C=O) groups is 2. The van der Waals surface area contributed by atoms with E-state index in [1.807, 2.05) is 4.90 Å². The van der Waals surface area contributed by atoms with Gasteiger partial charge in [-0.05, 0) is 26.2 Å². The van der Waals surface area contributed by atoms with Crippen molar-refractivity contribution in [3.63, 3.8) is 0 Å². The molecule has 3 rings (SSSR count). The minimum atomic E-state index is -0.378. The van der Waals surface area contributed by atoms with Crippen molar-refractivity contribution >= 4 is 28.9 Å². The van der Waals surface area contributed by atoms with Crippen LogP contribution in [0.15, 0.2) is 4.99 Å². The highest BCUT2D eigenvalue weighted by Gasteiger charge is 2.52. The fourth-order valence-electron chi connectivity index (χ4n) is 3.16. The fourth-order valence-corrected chi connectivity index (χ4v) is 4.18. The second-order valence-electron chi connectivity index (χ2n) is 6.04. The molecule has 0 aliphatic carbocycles. The summed E-state index contributed by atoms with van der Waals surface area (Å²) in [7, 11) is 1.71. The number of hydrogen-bond acceptors (Lipinski definition) is 6. The van der Waals surface area contributed by atoms with E-state index in [-0.39, 0.29) is 30.2 Å². The molecule has 7 nitrogen and oxygen atoms in total. The smallest absolute Gasteiger partial charge is 0.328 e. The van der Waals surface area contributed by atoms with Gasteiger partial charge in [0.2, 0.25) is 0 Å². The maximum atomic E-state index is 12.7. The first kappa shape index (κ1) is 15.6. The first-order valence-corrected chi connectivity index (χ1v) is 8.72. The number of imide groups is 1. The van der Waals surface area contributed by atoms with E-state index in [4.69, 9.17) is 0 Å². The quantitative estimate of drug-likeness (QED) is 0.747. The van der Waals surface area contributed by atoms with E-state index in [2.05, 4.69) is 4.99 Å². The molecule has 0 spiro atoms. The molecule has 0 aromatic heterocycles. The number of nitrogens with zero attached hydrogens (tertiary/aromatic N) is 4. The van der Waals surface area contributed by atoms with E-state index in [0.717, 1.165) is 30.3 Å². The second-order valence-corrected chi connectivity index (χ2v) is 7.10. The lowest BCUT2D eigenvalue weighted by Gasteiger charge is -2.40. The van der Waals surface area contributed by atoms with E-state index in [1.165, 1.54) is 4.90 Å². The van der Waals surface area contributed by atoms with Gasteiger partial charge in [0.25, 0.3) is 5.91 Å². The minimum absolute atomic E-state index is 0.133. The van der Waals surface area contributed by atoms with Crippen LogP contribution in [0.5, 0.6) is 0 Å². The Hall–Kier alpha value is -1.28. The van der Waals surface area contributed by atoms with Crippen LogP contribution in [-0.4, -0.2) is 81.1 Å². The third-order valence-corrected chi connectivity index (χ3v) is 5.36. The number of aliphatic hydroxyl groups is 1. The van der Waals surface area contributed by atoms with Crippen LogP contribution in [-0.2, 0) is 4.79 Å². The molecule has 0 saturated carbocycles. The zero-order valence-corrected chi connectivity index (χ0v) is 13.8. The van der Waals surface area contributed by atoms with Crippen LogP contribution in [0.4, 0.5) is 4.79 Å². The third kappa shape index (κ3) is 2.58. The summed E-state index contributed by atoms with van der Waals surface area (Å²) in [4.78, 5) is 34.6. The van der Waals surface area contributed by atoms with Crippen LogP contribution < -0.4 is 0 Å². The summed E-state index contributed by atoms with van der Waals surface area (Å²) in [5, 5.41) is 10.2. The van der Waals surface area contributed by atoms with Gasteiger partial charge in [0.15, 0.2) is 17.4 Å². The van der Waals surface area contributed by atoms with Gasteiger partial charge >= 0.3 is 6.03 Å². The highest BCUT2D eigenvalue weighted by atomic mass is 32.2. The number of aliphatic hydroxyl groups excluding tert-OH is 1. The molecule has 3 atom stereocenters. The second kappa shape index (κ2) is 6.08. The lowest BCUT2D eigenvalue weighted by molar-refractivity contribution is -0.137. The monoisotopic (exact) mass is 326 g/mol. The molecule has 0 radical (unpaired) electrons. The molecule has 3 aliphatic rings. The topological polar surface area (TPSA) is 76.5 Å². The maximum absolute atomic E-state index is 12.7. The molecule has 0 bridgehead atoms. The summed E-state index contributed by atoms with van der Waals surface area (Å²) >= 11 is 1.65. The van der Waals surface area contributed by atoms with Gasteiger partial charge in [0, 0.05) is 25.9 Å². The molecule has 2 fully saturated rings. The molecule has 3 aliphatic heterocycles. The lowest BCUT2D eigenvalue weighted by atomic mass is 10.1. The predicted molar refractivity (Wildman–Crippen MR) is 84.6 cm³/mol. The maximum Gasteiger partial charge on any atom is 0.328 e. The molecule has 3 amide bonds. The van der Waals surface area contributed by atoms with Crippen molar-refractivity contribution < 1.29 is 14.7 Å². The number of amidine groups is 1. The standard InChI is InChI=1S/C14H22N4O3S/c1-9(19)5-3-4-6-18-12(20)10-11(16(2)14(18)21)15-13-17(10)7-8-22-13/h9-11,19H,3-8H2,1-2H3/t9-,10?,11?/m1/s1. The Balaban J connectivity index is 1.68. The largest absolute Gasteiger partial charge is 0.393 e. The van der Waals surface area contributed by atoms with Gasteiger partial charge in [0.1, 0.15) is 0 Å². The number of amides is 3. The molecular formula is C14H22N4O3S. The molecule has 22 heavy (non-hydrogen) atoms. The summed E-state index contributed by atoms with van der Waals surface area (Å²) in [5.74, 6) is 0.813. The van der Waals surface area contributed by atoms with Crippen molar-refractivity contribution in [2.75, 3.05) is 25.9 Å². The van der Waals surface area contributed by atoms with Gasteiger partial charge in [-0.15, -0.1) is 0 Å². The van der Waals surface area contributed by atoms with Crippen molar-refractivity contribution in [2.45, 2.75) is 44.5 Å². The third-order valence-electron chi connectivity index (χ3n) is 4.37. The predicted octanol–water partition coefficient (Wildman–Crippen LogP) is 0.545. The molecule has 2 saturated heterocycles. The van der Waals surface area contributed by atoms with E-state index in [1.54, 1.807) is 30.6 Å². The van der Waals surface area contributed by atoms with Crippen molar-refractivity contribution in [1.29, 1.82) is 0 Å².